The summed E-state index contributed by atoms with van der Waals surface area (Å²) in [5.41, 5.74) is 0.981. The average molecular weight is 416 g/mol. The number of hydrogen-bond acceptors (Lipinski definition) is 7. The second-order valence-electron chi connectivity index (χ2n) is 6.67. The van der Waals surface area contributed by atoms with Crippen molar-refractivity contribution in [3.63, 3.8) is 0 Å². The summed E-state index contributed by atoms with van der Waals surface area (Å²) in [4.78, 5) is 6.51. The van der Waals surface area contributed by atoms with E-state index in [9.17, 15) is 0 Å². The fourth-order valence-corrected chi connectivity index (χ4v) is 3.46. The number of thioether (sulfide) groups is 1. The maximum atomic E-state index is 8.94. The van der Waals surface area contributed by atoms with Crippen molar-refractivity contribution in [3.8, 4) is 17.7 Å². The van der Waals surface area contributed by atoms with Gasteiger partial charge in [0.15, 0.2) is 17.7 Å². The van der Waals surface area contributed by atoms with Gasteiger partial charge < -0.3 is 24.1 Å². The molecule has 0 atom stereocenters. The van der Waals surface area contributed by atoms with Crippen LogP contribution in [0.1, 0.15) is 17.1 Å². The first-order valence-electron chi connectivity index (χ1n) is 9.26. The number of nitriles is 1. The standard InChI is InChI=1S/C20H25N5O3S/c1-25(2)11-16-4-5-17(28-16)12-29-8-7-22-20(24-13-21)23-10-15-3-6-18-19(9-15)27-14-26-18/h3-6,9H,7-8,10-12,14H2,1-2H3,(H2,22,23,24). The molecule has 2 heterocycles. The monoisotopic (exact) mass is 415 g/mol. The van der Waals surface area contributed by atoms with Crippen LogP contribution in [-0.2, 0) is 18.8 Å². The second-order valence-corrected chi connectivity index (χ2v) is 7.78. The summed E-state index contributed by atoms with van der Waals surface area (Å²) in [5, 5.41) is 14.7. The molecule has 8 nitrogen and oxygen atoms in total. The van der Waals surface area contributed by atoms with E-state index in [1.54, 1.807) is 11.8 Å². The number of ether oxygens (including phenoxy) is 2. The molecule has 0 aliphatic carbocycles. The molecular formula is C20H25N5O3S. The van der Waals surface area contributed by atoms with E-state index in [-0.39, 0.29) is 6.79 Å². The Balaban J connectivity index is 1.40. The zero-order chi connectivity index (χ0) is 20.5. The second kappa shape index (κ2) is 10.6. The summed E-state index contributed by atoms with van der Waals surface area (Å²) in [7, 11) is 4.03. The number of fused-ring (bicyclic) bond motifs is 1. The fraction of sp³-hybridized carbons (Fsp3) is 0.400. The maximum Gasteiger partial charge on any atom is 0.231 e. The summed E-state index contributed by atoms with van der Waals surface area (Å²) in [5.74, 6) is 5.54. The van der Waals surface area contributed by atoms with E-state index in [4.69, 9.17) is 19.2 Å². The molecule has 0 saturated carbocycles. The smallest absolute Gasteiger partial charge is 0.231 e. The van der Waals surface area contributed by atoms with E-state index in [1.807, 2.05) is 50.6 Å². The van der Waals surface area contributed by atoms with E-state index in [0.717, 1.165) is 46.6 Å². The van der Waals surface area contributed by atoms with Crippen LogP contribution in [-0.4, -0.2) is 44.0 Å². The fourth-order valence-electron chi connectivity index (χ4n) is 2.71. The van der Waals surface area contributed by atoms with E-state index >= 15 is 0 Å². The number of hydrogen-bond donors (Lipinski definition) is 2. The van der Waals surface area contributed by atoms with E-state index in [1.165, 1.54) is 0 Å². The van der Waals surface area contributed by atoms with E-state index in [2.05, 4.69) is 20.5 Å². The number of benzene rings is 1. The molecule has 1 aliphatic rings. The first-order chi connectivity index (χ1) is 14.1. The lowest BCUT2D eigenvalue weighted by Gasteiger charge is -2.08. The summed E-state index contributed by atoms with van der Waals surface area (Å²) in [6.07, 6.45) is 1.92. The average Bonchev–Trinajstić information content (AvgIpc) is 3.34. The lowest BCUT2D eigenvalue weighted by molar-refractivity contribution is 0.174. The molecule has 0 saturated heterocycles. The van der Waals surface area contributed by atoms with Crippen LogP contribution in [0.25, 0.3) is 0 Å². The highest BCUT2D eigenvalue weighted by Crippen LogP contribution is 2.32. The molecule has 3 rings (SSSR count). The third kappa shape index (κ3) is 6.62. The SMILES string of the molecule is CN(C)Cc1ccc(CSCCN/C(=N/Cc2ccc3c(c2)OCO3)NC#N)o1. The number of rotatable bonds is 9. The van der Waals surface area contributed by atoms with Crippen molar-refractivity contribution in [3.05, 3.63) is 47.4 Å². The Morgan fingerprint density at radius 3 is 2.86 bits per heavy atom. The van der Waals surface area contributed by atoms with Crippen LogP contribution in [0.2, 0.25) is 0 Å². The van der Waals surface area contributed by atoms with Crippen LogP contribution in [0.3, 0.4) is 0 Å². The van der Waals surface area contributed by atoms with Gasteiger partial charge in [-0.1, -0.05) is 6.07 Å². The largest absolute Gasteiger partial charge is 0.464 e. The summed E-state index contributed by atoms with van der Waals surface area (Å²) in [6, 6.07) is 9.75. The van der Waals surface area contributed by atoms with Crippen molar-refractivity contribution < 1.29 is 13.9 Å². The van der Waals surface area contributed by atoms with Gasteiger partial charge in [0.1, 0.15) is 11.5 Å². The molecule has 0 radical (unpaired) electrons. The Morgan fingerprint density at radius 1 is 1.21 bits per heavy atom. The van der Waals surface area contributed by atoms with Crippen molar-refractivity contribution in [2.45, 2.75) is 18.8 Å². The van der Waals surface area contributed by atoms with Gasteiger partial charge in [0, 0.05) is 12.3 Å². The van der Waals surface area contributed by atoms with Gasteiger partial charge in [0.05, 0.1) is 18.8 Å². The molecule has 2 N–H and O–H groups in total. The first-order valence-corrected chi connectivity index (χ1v) is 10.4. The Hall–Kier alpha value is -2.83. The molecule has 0 unspecified atom stereocenters. The van der Waals surface area contributed by atoms with Gasteiger partial charge in [-0.3, -0.25) is 5.32 Å². The number of furan rings is 1. The minimum Gasteiger partial charge on any atom is -0.464 e. The molecule has 1 aromatic carbocycles. The van der Waals surface area contributed by atoms with Gasteiger partial charge in [-0.25, -0.2) is 4.99 Å². The van der Waals surface area contributed by atoms with Crippen LogP contribution >= 0.6 is 11.8 Å². The van der Waals surface area contributed by atoms with E-state index < -0.39 is 0 Å². The van der Waals surface area contributed by atoms with Crippen molar-refractivity contribution >= 4 is 17.7 Å². The van der Waals surface area contributed by atoms with Gasteiger partial charge in [-0.15, -0.1) is 0 Å². The minimum absolute atomic E-state index is 0.248. The maximum absolute atomic E-state index is 8.94. The minimum atomic E-state index is 0.248. The molecule has 0 bridgehead atoms. The van der Waals surface area contributed by atoms with Crippen molar-refractivity contribution in [1.82, 2.24) is 15.5 Å². The Kier molecular flexibility index (Phi) is 7.67. The zero-order valence-corrected chi connectivity index (χ0v) is 17.4. The molecule has 0 amide bonds. The molecule has 0 fully saturated rings. The Bertz CT molecular complexity index is 875. The number of aliphatic imine (C=N–C) groups is 1. The highest BCUT2D eigenvalue weighted by molar-refractivity contribution is 7.98. The first kappa shape index (κ1) is 20.9. The highest BCUT2D eigenvalue weighted by atomic mass is 32.2. The van der Waals surface area contributed by atoms with Crippen LogP contribution < -0.4 is 20.1 Å². The van der Waals surface area contributed by atoms with E-state index in [0.29, 0.717) is 19.0 Å². The molecular weight excluding hydrogens is 390 g/mol. The van der Waals surface area contributed by atoms with Crippen molar-refractivity contribution in [1.29, 1.82) is 5.26 Å². The number of nitrogens with one attached hydrogen (secondary N) is 2. The molecule has 9 heteroatoms. The van der Waals surface area contributed by atoms with Crippen LogP contribution in [0.15, 0.2) is 39.7 Å². The lowest BCUT2D eigenvalue weighted by Crippen LogP contribution is -2.35. The molecule has 2 aromatic rings. The van der Waals surface area contributed by atoms with Crippen LogP contribution in [0.4, 0.5) is 0 Å². The molecule has 1 aromatic heterocycles. The zero-order valence-electron chi connectivity index (χ0n) is 16.6. The van der Waals surface area contributed by atoms with Gasteiger partial charge in [0.25, 0.3) is 0 Å². The number of guanidine groups is 1. The Labute approximate surface area is 174 Å². The van der Waals surface area contributed by atoms with Gasteiger partial charge >= 0.3 is 0 Å². The van der Waals surface area contributed by atoms with Crippen molar-refractivity contribution in [2.24, 2.45) is 4.99 Å². The Morgan fingerprint density at radius 2 is 2.03 bits per heavy atom. The summed E-state index contributed by atoms with van der Waals surface area (Å²) >= 11 is 1.76. The van der Waals surface area contributed by atoms with Gasteiger partial charge in [-0.2, -0.15) is 17.0 Å². The topological polar surface area (TPSA) is 95.0 Å². The summed E-state index contributed by atoms with van der Waals surface area (Å²) in [6.45, 7) is 2.17. The van der Waals surface area contributed by atoms with Gasteiger partial charge in [-0.05, 0) is 43.9 Å². The third-order valence-electron chi connectivity index (χ3n) is 4.00. The highest BCUT2D eigenvalue weighted by Gasteiger charge is 2.13. The third-order valence-corrected chi connectivity index (χ3v) is 4.99. The molecule has 1 aliphatic heterocycles. The van der Waals surface area contributed by atoms with Crippen LogP contribution in [0.5, 0.6) is 11.5 Å². The summed E-state index contributed by atoms with van der Waals surface area (Å²) < 4.78 is 16.5. The normalized spacial score (nSPS) is 12.8. The number of nitrogens with zero attached hydrogens (tertiary/aromatic N) is 3. The van der Waals surface area contributed by atoms with Crippen LogP contribution in [0, 0.1) is 11.5 Å². The quantitative estimate of drug-likeness (QED) is 0.212. The van der Waals surface area contributed by atoms with Gasteiger partial charge in [0.2, 0.25) is 12.8 Å². The lowest BCUT2D eigenvalue weighted by atomic mass is 10.2. The predicted molar refractivity (Wildman–Crippen MR) is 113 cm³/mol. The molecule has 154 valence electrons. The molecule has 0 spiro atoms. The predicted octanol–water partition coefficient (Wildman–Crippen LogP) is 2.52. The molecule has 29 heavy (non-hydrogen) atoms. The van der Waals surface area contributed by atoms with Crippen molar-refractivity contribution in [2.75, 3.05) is 33.2 Å².